The van der Waals surface area contributed by atoms with Crippen molar-refractivity contribution in [3.8, 4) is 0 Å². The van der Waals surface area contributed by atoms with Crippen LogP contribution in [-0.2, 0) is 0 Å². The van der Waals surface area contributed by atoms with Crippen molar-refractivity contribution in [2.75, 3.05) is 18.6 Å². The van der Waals surface area contributed by atoms with Crippen LogP contribution in [0.15, 0.2) is 24.3 Å². The van der Waals surface area contributed by atoms with Crippen LogP contribution in [0.25, 0.3) is 0 Å². The van der Waals surface area contributed by atoms with Crippen molar-refractivity contribution in [2.24, 2.45) is 5.84 Å². The molecule has 5 heteroatoms. The van der Waals surface area contributed by atoms with Crippen molar-refractivity contribution in [2.45, 2.75) is 6.42 Å². The monoisotopic (exact) mass is 209 g/mol. The number of carbonyl (C=O) groups is 1. The highest BCUT2D eigenvalue weighted by molar-refractivity contribution is 5.94. The fraction of sp³-hybridized carbons (Fsp3) is 0.300. The molecule has 0 atom stereocenters. The van der Waals surface area contributed by atoms with Crippen LogP contribution in [0.2, 0.25) is 0 Å². The average molecular weight is 209 g/mol. The topological polar surface area (TPSA) is 87.4 Å². The molecular weight excluding hydrogens is 194 g/mol. The van der Waals surface area contributed by atoms with Crippen molar-refractivity contribution in [3.05, 3.63) is 29.8 Å². The van der Waals surface area contributed by atoms with Crippen LogP contribution in [-0.4, -0.2) is 24.2 Å². The molecule has 0 radical (unpaired) electrons. The van der Waals surface area contributed by atoms with Crippen LogP contribution in [0, 0.1) is 0 Å². The second kappa shape index (κ2) is 6.00. The quantitative estimate of drug-likeness (QED) is 0.314. The number of hydrogen-bond donors (Lipinski definition) is 4. The maximum absolute atomic E-state index is 11.5. The molecule has 5 nitrogen and oxygen atoms in total. The Balaban J connectivity index is 2.50. The number of rotatable bonds is 5. The molecule has 1 aromatic carbocycles. The van der Waals surface area contributed by atoms with Crippen molar-refractivity contribution in [1.29, 1.82) is 0 Å². The Morgan fingerprint density at radius 2 is 2.00 bits per heavy atom. The highest BCUT2D eigenvalue weighted by atomic mass is 16.3. The molecule has 0 unspecified atom stereocenters. The standard InChI is InChI=1S/C10H15N3O2/c11-13-9-4-2-8(3-5-9)10(15)12-6-1-7-14/h2-5,13-14H,1,6-7,11H2,(H,12,15). The van der Waals surface area contributed by atoms with Crippen molar-refractivity contribution < 1.29 is 9.90 Å². The summed E-state index contributed by atoms with van der Waals surface area (Å²) in [4.78, 5) is 11.5. The molecule has 1 amide bonds. The molecule has 0 aromatic heterocycles. The van der Waals surface area contributed by atoms with E-state index >= 15 is 0 Å². The van der Waals surface area contributed by atoms with Crippen LogP contribution in [0.4, 0.5) is 5.69 Å². The summed E-state index contributed by atoms with van der Waals surface area (Å²) in [6.45, 7) is 0.558. The smallest absolute Gasteiger partial charge is 0.251 e. The van der Waals surface area contributed by atoms with Gasteiger partial charge in [0.25, 0.3) is 5.91 Å². The van der Waals surface area contributed by atoms with E-state index in [1.165, 1.54) is 0 Å². The summed E-state index contributed by atoms with van der Waals surface area (Å²) < 4.78 is 0. The Bertz CT molecular complexity index is 311. The summed E-state index contributed by atoms with van der Waals surface area (Å²) in [7, 11) is 0. The zero-order valence-electron chi connectivity index (χ0n) is 8.36. The number of nitrogens with two attached hydrogens (primary N) is 1. The molecule has 0 saturated heterocycles. The number of anilines is 1. The van der Waals surface area contributed by atoms with Gasteiger partial charge in [0.2, 0.25) is 0 Å². The highest BCUT2D eigenvalue weighted by Gasteiger charge is 2.03. The first kappa shape index (κ1) is 11.5. The number of hydrazine groups is 1. The Kier molecular flexibility index (Phi) is 4.59. The van der Waals surface area contributed by atoms with E-state index < -0.39 is 0 Å². The lowest BCUT2D eigenvalue weighted by atomic mass is 10.2. The molecule has 5 N–H and O–H groups in total. The Labute approximate surface area is 88.3 Å². The molecule has 0 fully saturated rings. The van der Waals surface area contributed by atoms with Crippen LogP contribution >= 0.6 is 0 Å². The second-order valence-electron chi connectivity index (χ2n) is 3.05. The Hall–Kier alpha value is -1.59. The zero-order valence-corrected chi connectivity index (χ0v) is 8.36. The molecule has 1 aromatic rings. The van der Waals surface area contributed by atoms with E-state index in [9.17, 15) is 4.79 Å². The Morgan fingerprint density at radius 1 is 1.33 bits per heavy atom. The normalized spacial score (nSPS) is 9.73. The molecule has 15 heavy (non-hydrogen) atoms. The lowest BCUT2D eigenvalue weighted by molar-refractivity contribution is 0.0951. The average Bonchev–Trinajstić information content (AvgIpc) is 2.29. The van der Waals surface area contributed by atoms with E-state index in [-0.39, 0.29) is 12.5 Å². The minimum Gasteiger partial charge on any atom is -0.396 e. The number of nitrogens with one attached hydrogen (secondary N) is 2. The first-order valence-corrected chi connectivity index (χ1v) is 4.73. The van der Waals surface area contributed by atoms with Crippen molar-refractivity contribution in [3.63, 3.8) is 0 Å². The number of hydrogen-bond acceptors (Lipinski definition) is 4. The molecule has 0 bridgehead atoms. The highest BCUT2D eigenvalue weighted by Crippen LogP contribution is 2.07. The number of aliphatic hydroxyl groups excluding tert-OH is 1. The SMILES string of the molecule is NNc1ccc(C(=O)NCCCO)cc1. The number of amides is 1. The largest absolute Gasteiger partial charge is 0.396 e. The Morgan fingerprint density at radius 3 is 2.53 bits per heavy atom. The number of carbonyl (C=O) groups excluding carboxylic acids is 1. The van der Waals surface area contributed by atoms with Gasteiger partial charge in [0.1, 0.15) is 0 Å². The summed E-state index contributed by atoms with van der Waals surface area (Å²) >= 11 is 0. The van der Waals surface area contributed by atoms with E-state index in [1.807, 2.05) is 0 Å². The predicted octanol–water partition coefficient (Wildman–Crippen LogP) is 0.0844. The van der Waals surface area contributed by atoms with Gasteiger partial charge in [0.15, 0.2) is 0 Å². The molecule has 0 heterocycles. The van der Waals surface area contributed by atoms with Crippen molar-refractivity contribution >= 4 is 11.6 Å². The van der Waals surface area contributed by atoms with E-state index in [0.29, 0.717) is 18.5 Å². The van der Waals surface area contributed by atoms with Gasteiger partial charge in [-0.1, -0.05) is 0 Å². The fourth-order valence-corrected chi connectivity index (χ4v) is 1.10. The van der Waals surface area contributed by atoms with Gasteiger partial charge in [-0.25, -0.2) is 0 Å². The molecule has 0 aliphatic heterocycles. The van der Waals surface area contributed by atoms with Crippen LogP contribution in [0.3, 0.4) is 0 Å². The third-order valence-electron chi connectivity index (χ3n) is 1.93. The molecule has 0 aliphatic carbocycles. The summed E-state index contributed by atoms with van der Waals surface area (Å²) in [6.07, 6.45) is 0.564. The summed E-state index contributed by atoms with van der Waals surface area (Å²) in [5.41, 5.74) is 3.81. The summed E-state index contributed by atoms with van der Waals surface area (Å²) in [5.74, 6) is 5.05. The molecular formula is C10H15N3O2. The first-order chi connectivity index (χ1) is 7.27. The predicted molar refractivity (Wildman–Crippen MR) is 58.3 cm³/mol. The van der Waals surface area contributed by atoms with Gasteiger partial charge in [-0.2, -0.15) is 0 Å². The van der Waals surface area contributed by atoms with Gasteiger partial charge in [-0.3, -0.25) is 10.6 Å². The van der Waals surface area contributed by atoms with E-state index in [4.69, 9.17) is 10.9 Å². The van der Waals surface area contributed by atoms with Gasteiger partial charge in [-0.05, 0) is 30.7 Å². The van der Waals surface area contributed by atoms with E-state index in [1.54, 1.807) is 24.3 Å². The van der Waals surface area contributed by atoms with Gasteiger partial charge in [-0.15, -0.1) is 0 Å². The minimum atomic E-state index is -0.146. The summed E-state index contributed by atoms with van der Waals surface area (Å²) in [6, 6.07) is 6.81. The number of nitrogen functional groups attached to an aromatic ring is 1. The summed E-state index contributed by atoms with van der Waals surface area (Å²) in [5, 5.41) is 11.2. The van der Waals surface area contributed by atoms with E-state index in [2.05, 4.69) is 10.7 Å². The number of benzene rings is 1. The second-order valence-corrected chi connectivity index (χ2v) is 3.05. The minimum absolute atomic E-state index is 0.0797. The first-order valence-electron chi connectivity index (χ1n) is 4.73. The molecule has 0 spiro atoms. The number of aliphatic hydroxyl groups is 1. The van der Waals surface area contributed by atoms with Crippen LogP contribution in [0.1, 0.15) is 16.8 Å². The molecule has 82 valence electrons. The zero-order chi connectivity index (χ0) is 11.1. The molecule has 0 saturated carbocycles. The third-order valence-corrected chi connectivity index (χ3v) is 1.93. The fourth-order valence-electron chi connectivity index (χ4n) is 1.10. The molecule has 1 rings (SSSR count). The van der Waals surface area contributed by atoms with Gasteiger partial charge < -0.3 is 15.8 Å². The van der Waals surface area contributed by atoms with Gasteiger partial charge in [0.05, 0.1) is 0 Å². The van der Waals surface area contributed by atoms with Crippen LogP contribution in [0.5, 0.6) is 0 Å². The van der Waals surface area contributed by atoms with Gasteiger partial charge in [0, 0.05) is 24.4 Å². The maximum Gasteiger partial charge on any atom is 0.251 e. The van der Waals surface area contributed by atoms with Gasteiger partial charge >= 0.3 is 0 Å². The lowest BCUT2D eigenvalue weighted by Crippen LogP contribution is -2.24. The van der Waals surface area contributed by atoms with Crippen LogP contribution < -0.4 is 16.6 Å². The van der Waals surface area contributed by atoms with Crippen molar-refractivity contribution in [1.82, 2.24) is 5.32 Å². The molecule has 0 aliphatic rings. The third kappa shape index (κ3) is 3.57. The van der Waals surface area contributed by atoms with E-state index in [0.717, 1.165) is 5.69 Å². The lowest BCUT2D eigenvalue weighted by Gasteiger charge is -2.05. The maximum atomic E-state index is 11.5.